The van der Waals surface area contributed by atoms with Crippen LogP contribution in [0.2, 0.25) is 5.02 Å². The molecule has 0 amide bonds. The van der Waals surface area contributed by atoms with Gasteiger partial charge in [0.2, 0.25) is 0 Å². The Morgan fingerprint density at radius 1 is 1.42 bits per heavy atom. The molecule has 130 valence electrons. The summed E-state index contributed by atoms with van der Waals surface area (Å²) in [5.41, 5.74) is 3.56. The highest BCUT2D eigenvalue weighted by Gasteiger charge is 2.23. The van der Waals surface area contributed by atoms with E-state index in [0.717, 1.165) is 46.6 Å². The minimum atomic E-state index is -0.319. The van der Waals surface area contributed by atoms with Gasteiger partial charge in [-0.3, -0.25) is 0 Å². The van der Waals surface area contributed by atoms with Crippen LogP contribution in [0.4, 0.5) is 0 Å². The van der Waals surface area contributed by atoms with Gasteiger partial charge in [-0.15, -0.1) is 12.4 Å². The Balaban J connectivity index is 0.00000208. The number of furan rings is 1. The molecular weight excluding hydrogens is 349 g/mol. The summed E-state index contributed by atoms with van der Waals surface area (Å²) >= 11 is 6.39. The van der Waals surface area contributed by atoms with E-state index in [1.807, 2.05) is 12.1 Å². The molecule has 2 heterocycles. The van der Waals surface area contributed by atoms with E-state index in [-0.39, 0.29) is 18.4 Å². The van der Waals surface area contributed by atoms with Crippen molar-refractivity contribution in [1.82, 2.24) is 4.90 Å². The van der Waals surface area contributed by atoms with Crippen LogP contribution in [0.25, 0.3) is 17.0 Å². The lowest BCUT2D eigenvalue weighted by atomic mass is 10.0. The first-order chi connectivity index (χ1) is 11.0. The first-order valence-electron chi connectivity index (χ1n) is 7.78. The van der Waals surface area contributed by atoms with Crippen molar-refractivity contribution in [2.24, 2.45) is 0 Å². The first-order valence-corrected chi connectivity index (χ1v) is 8.15. The summed E-state index contributed by atoms with van der Waals surface area (Å²) in [7, 11) is 2.07. The number of carbonyl (C=O) groups excluding carboxylic acids is 1. The van der Waals surface area contributed by atoms with Gasteiger partial charge in [-0.1, -0.05) is 11.6 Å². The molecule has 0 radical (unpaired) electrons. The highest BCUT2D eigenvalue weighted by Crippen LogP contribution is 2.36. The van der Waals surface area contributed by atoms with Crippen LogP contribution in [0.15, 0.2) is 22.1 Å². The second-order valence-electron chi connectivity index (χ2n) is 5.88. The van der Waals surface area contributed by atoms with Gasteiger partial charge in [-0.25, -0.2) is 4.79 Å². The Morgan fingerprint density at radius 3 is 2.88 bits per heavy atom. The largest absolute Gasteiger partial charge is 0.463 e. The number of rotatable bonds is 3. The van der Waals surface area contributed by atoms with Crippen molar-refractivity contribution in [2.45, 2.75) is 26.8 Å². The normalized spacial score (nSPS) is 15.1. The van der Waals surface area contributed by atoms with Crippen molar-refractivity contribution < 1.29 is 13.9 Å². The maximum absolute atomic E-state index is 11.9. The molecule has 1 aromatic carbocycles. The van der Waals surface area contributed by atoms with E-state index in [4.69, 9.17) is 20.8 Å². The molecule has 2 aromatic rings. The second-order valence-corrected chi connectivity index (χ2v) is 6.29. The predicted molar refractivity (Wildman–Crippen MR) is 98.8 cm³/mol. The van der Waals surface area contributed by atoms with Crippen molar-refractivity contribution in [3.8, 4) is 0 Å². The van der Waals surface area contributed by atoms with Crippen LogP contribution < -0.4 is 0 Å². The predicted octanol–water partition coefficient (Wildman–Crippen LogP) is 4.46. The number of benzene rings is 1. The third-order valence-electron chi connectivity index (χ3n) is 4.15. The highest BCUT2D eigenvalue weighted by atomic mass is 35.5. The summed E-state index contributed by atoms with van der Waals surface area (Å²) < 4.78 is 11.0. The Hall–Kier alpha value is -1.49. The number of halogens is 2. The number of esters is 1. The molecule has 1 aliphatic rings. The van der Waals surface area contributed by atoms with Gasteiger partial charge >= 0.3 is 5.97 Å². The molecule has 3 rings (SSSR count). The Bertz CT molecular complexity index is 795. The fourth-order valence-electron chi connectivity index (χ4n) is 2.99. The number of hydrogen-bond acceptors (Lipinski definition) is 4. The second kappa shape index (κ2) is 7.60. The van der Waals surface area contributed by atoms with Gasteiger partial charge in [-0.2, -0.15) is 0 Å². The Morgan fingerprint density at radius 2 is 2.17 bits per heavy atom. The molecule has 0 saturated carbocycles. The van der Waals surface area contributed by atoms with E-state index in [2.05, 4.69) is 11.9 Å². The summed E-state index contributed by atoms with van der Waals surface area (Å²) in [5.74, 6) is 0.392. The van der Waals surface area contributed by atoms with Gasteiger partial charge in [0.1, 0.15) is 11.3 Å². The monoisotopic (exact) mass is 369 g/mol. The van der Waals surface area contributed by atoms with E-state index < -0.39 is 0 Å². The van der Waals surface area contributed by atoms with Crippen molar-refractivity contribution in [2.75, 3.05) is 20.2 Å². The Kier molecular flexibility index (Phi) is 5.97. The lowest BCUT2D eigenvalue weighted by molar-refractivity contribution is -0.138. The SMILES string of the molecule is CCOC(=O)/C(C)=C/c1oc2ccc(Cl)c3c2c1CN(C)CC3.Cl. The van der Waals surface area contributed by atoms with Crippen LogP contribution in [-0.2, 0) is 22.5 Å². The zero-order valence-electron chi connectivity index (χ0n) is 14.0. The molecule has 0 saturated heterocycles. The van der Waals surface area contributed by atoms with E-state index in [1.165, 1.54) is 0 Å². The summed E-state index contributed by atoms with van der Waals surface area (Å²) in [6.45, 7) is 5.60. The van der Waals surface area contributed by atoms with Crippen molar-refractivity contribution in [3.05, 3.63) is 39.6 Å². The number of likely N-dealkylation sites (N-methyl/N-ethyl adjacent to an activating group) is 1. The van der Waals surface area contributed by atoms with Gasteiger partial charge in [0.15, 0.2) is 0 Å². The van der Waals surface area contributed by atoms with Gasteiger partial charge in [0, 0.05) is 34.6 Å². The van der Waals surface area contributed by atoms with Gasteiger partial charge < -0.3 is 14.1 Å². The fourth-order valence-corrected chi connectivity index (χ4v) is 3.24. The third-order valence-corrected chi connectivity index (χ3v) is 4.51. The molecule has 6 heteroatoms. The Labute approximate surface area is 152 Å². The number of hydrogen-bond donors (Lipinski definition) is 0. The van der Waals surface area contributed by atoms with Gasteiger partial charge in [0.25, 0.3) is 0 Å². The molecule has 0 spiro atoms. The molecular formula is C18H21Cl2NO3. The zero-order valence-corrected chi connectivity index (χ0v) is 15.6. The van der Waals surface area contributed by atoms with Crippen molar-refractivity contribution >= 4 is 47.0 Å². The van der Waals surface area contributed by atoms with Gasteiger partial charge in [0.05, 0.1) is 6.61 Å². The lowest BCUT2D eigenvalue weighted by Gasteiger charge is -2.13. The van der Waals surface area contributed by atoms with Crippen molar-refractivity contribution in [3.63, 3.8) is 0 Å². The number of ether oxygens (including phenoxy) is 1. The molecule has 1 aromatic heterocycles. The summed E-state index contributed by atoms with van der Waals surface area (Å²) in [5, 5.41) is 1.86. The lowest BCUT2D eigenvalue weighted by Crippen LogP contribution is -2.18. The molecule has 24 heavy (non-hydrogen) atoms. The van der Waals surface area contributed by atoms with Crippen LogP contribution in [0.1, 0.15) is 30.7 Å². The van der Waals surface area contributed by atoms with Gasteiger partial charge in [-0.05, 0) is 51.1 Å². The first kappa shape index (κ1) is 18.8. The molecule has 0 atom stereocenters. The standard InChI is InChI=1S/C18H20ClNO3.ClH/c1-4-22-18(21)11(2)9-16-13-10-20(3)8-7-12-14(19)5-6-15(23-16)17(12)13;/h5-6,9H,4,7-8,10H2,1-3H3;1H/b11-9+;. The van der Waals surface area contributed by atoms with Crippen LogP contribution in [0.5, 0.6) is 0 Å². The molecule has 0 unspecified atom stereocenters. The molecule has 4 nitrogen and oxygen atoms in total. The van der Waals surface area contributed by atoms with Crippen molar-refractivity contribution in [1.29, 1.82) is 0 Å². The fraction of sp³-hybridized carbons (Fsp3) is 0.389. The highest BCUT2D eigenvalue weighted by molar-refractivity contribution is 6.32. The summed E-state index contributed by atoms with van der Waals surface area (Å²) in [6, 6.07) is 3.77. The van der Waals surface area contributed by atoms with E-state index in [1.54, 1.807) is 19.9 Å². The molecule has 1 aliphatic heterocycles. The average molecular weight is 370 g/mol. The zero-order chi connectivity index (χ0) is 16.6. The maximum Gasteiger partial charge on any atom is 0.333 e. The minimum Gasteiger partial charge on any atom is -0.463 e. The third kappa shape index (κ3) is 3.46. The van der Waals surface area contributed by atoms with E-state index >= 15 is 0 Å². The molecule has 0 aliphatic carbocycles. The molecule has 0 N–H and O–H groups in total. The summed E-state index contributed by atoms with van der Waals surface area (Å²) in [6.07, 6.45) is 2.66. The topological polar surface area (TPSA) is 42.7 Å². The quantitative estimate of drug-likeness (QED) is 0.591. The number of carbonyl (C=O) groups is 1. The van der Waals surface area contributed by atoms with Crippen LogP contribution in [0, 0.1) is 0 Å². The average Bonchev–Trinajstić information content (AvgIpc) is 2.73. The molecule has 0 fully saturated rings. The van der Waals surface area contributed by atoms with Crippen LogP contribution >= 0.6 is 24.0 Å². The van der Waals surface area contributed by atoms with Crippen LogP contribution in [-0.4, -0.2) is 31.1 Å². The maximum atomic E-state index is 11.9. The smallest absolute Gasteiger partial charge is 0.333 e. The summed E-state index contributed by atoms with van der Waals surface area (Å²) in [4.78, 5) is 14.1. The molecule has 0 bridgehead atoms. The minimum absolute atomic E-state index is 0. The van der Waals surface area contributed by atoms with Crippen LogP contribution in [0.3, 0.4) is 0 Å². The number of nitrogens with zero attached hydrogens (tertiary/aromatic N) is 1. The van der Waals surface area contributed by atoms with E-state index in [0.29, 0.717) is 17.9 Å². The van der Waals surface area contributed by atoms with E-state index in [9.17, 15) is 4.79 Å².